The third kappa shape index (κ3) is 4.67. The van der Waals surface area contributed by atoms with Crippen molar-refractivity contribution < 1.29 is 9.21 Å². The molecule has 4 heterocycles. The predicted molar refractivity (Wildman–Crippen MR) is 118 cm³/mol. The minimum atomic E-state index is -0.0976. The molecule has 0 bridgehead atoms. The van der Waals surface area contributed by atoms with Gasteiger partial charge in [-0.25, -0.2) is 14.6 Å². The van der Waals surface area contributed by atoms with Gasteiger partial charge in [0.05, 0.1) is 18.5 Å². The number of carbonyl (C=O) groups excluding carboxylic acids is 1. The Kier molecular flexibility index (Phi) is 5.88. The molecule has 4 rings (SSSR count). The van der Waals surface area contributed by atoms with Gasteiger partial charge in [0.25, 0.3) is 0 Å². The molecule has 1 atom stereocenters. The highest BCUT2D eigenvalue weighted by molar-refractivity contribution is 5.91. The number of carbonyl (C=O) groups is 1. The number of rotatable bonds is 6. The van der Waals surface area contributed by atoms with E-state index in [-0.39, 0.29) is 5.91 Å². The van der Waals surface area contributed by atoms with Gasteiger partial charge in [-0.1, -0.05) is 0 Å². The summed E-state index contributed by atoms with van der Waals surface area (Å²) in [6.45, 7) is 7.96. The fraction of sp³-hybridized carbons (Fsp3) is 0.455. The number of hydrogen-bond acceptors (Lipinski definition) is 7. The Labute approximate surface area is 182 Å². The molecule has 0 radical (unpaired) electrons. The van der Waals surface area contributed by atoms with E-state index < -0.39 is 0 Å². The van der Waals surface area contributed by atoms with Crippen molar-refractivity contribution in [3.8, 4) is 17.4 Å². The van der Waals surface area contributed by atoms with Gasteiger partial charge in [-0.05, 0) is 59.0 Å². The topological polar surface area (TPSA) is 92.3 Å². The van der Waals surface area contributed by atoms with E-state index in [0.29, 0.717) is 35.8 Å². The molecule has 1 N–H and O–H groups in total. The number of hydrogen-bond donors (Lipinski definition) is 1. The number of amides is 1. The van der Waals surface area contributed by atoms with E-state index in [9.17, 15) is 4.79 Å². The van der Waals surface area contributed by atoms with Gasteiger partial charge in [0.2, 0.25) is 5.91 Å². The highest BCUT2D eigenvalue weighted by atomic mass is 16.3. The van der Waals surface area contributed by atoms with Crippen LogP contribution < -0.4 is 5.32 Å². The highest BCUT2D eigenvalue weighted by Crippen LogP contribution is 2.24. The molecule has 1 aliphatic heterocycles. The molecular weight excluding hydrogens is 394 g/mol. The average Bonchev–Trinajstić information content (AvgIpc) is 3.41. The van der Waals surface area contributed by atoms with Crippen molar-refractivity contribution in [3.63, 3.8) is 0 Å². The van der Waals surface area contributed by atoms with Crippen LogP contribution in [-0.2, 0) is 4.79 Å². The van der Waals surface area contributed by atoms with Crippen LogP contribution in [0.5, 0.6) is 0 Å². The Morgan fingerprint density at radius 3 is 2.68 bits per heavy atom. The maximum absolute atomic E-state index is 12.8. The van der Waals surface area contributed by atoms with Gasteiger partial charge < -0.3 is 14.6 Å². The summed E-state index contributed by atoms with van der Waals surface area (Å²) in [5, 5.41) is 7.47. The van der Waals surface area contributed by atoms with Crippen LogP contribution in [0.3, 0.4) is 0 Å². The smallest absolute Gasteiger partial charge is 0.239 e. The zero-order chi connectivity index (χ0) is 22.1. The Hall–Kier alpha value is -3.04. The third-order valence-corrected chi connectivity index (χ3v) is 5.62. The molecule has 3 aromatic rings. The van der Waals surface area contributed by atoms with E-state index in [1.807, 2.05) is 32.9 Å². The first-order valence-electron chi connectivity index (χ1n) is 10.5. The third-order valence-electron chi connectivity index (χ3n) is 5.62. The van der Waals surface area contributed by atoms with Crippen LogP contribution in [-0.4, -0.2) is 75.2 Å². The number of likely N-dealkylation sites (N-methyl/N-ethyl adjacent to an activating group) is 1. The van der Waals surface area contributed by atoms with Crippen LogP contribution in [0.2, 0.25) is 0 Å². The first-order chi connectivity index (χ1) is 14.8. The summed E-state index contributed by atoms with van der Waals surface area (Å²) in [6, 6.07) is 6.07. The minimum Gasteiger partial charge on any atom is -0.461 e. The normalized spacial score (nSPS) is 16.9. The van der Waals surface area contributed by atoms with Crippen molar-refractivity contribution in [3.05, 3.63) is 41.4 Å². The molecule has 3 aromatic heterocycles. The zero-order valence-electron chi connectivity index (χ0n) is 18.7. The van der Waals surface area contributed by atoms with Crippen molar-refractivity contribution in [2.45, 2.75) is 33.2 Å². The number of aromatic nitrogens is 4. The Morgan fingerprint density at radius 1 is 1.26 bits per heavy atom. The largest absolute Gasteiger partial charge is 0.461 e. The van der Waals surface area contributed by atoms with Gasteiger partial charge in [0.15, 0.2) is 17.4 Å². The van der Waals surface area contributed by atoms with Crippen LogP contribution in [0.1, 0.15) is 23.4 Å². The lowest BCUT2D eigenvalue weighted by molar-refractivity contribution is -0.117. The van der Waals surface area contributed by atoms with E-state index in [4.69, 9.17) is 4.42 Å². The van der Waals surface area contributed by atoms with Gasteiger partial charge in [-0.3, -0.25) is 9.69 Å². The molecule has 164 valence electrons. The Balaban J connectivity index is 1.59. The quantitative estimate of drug-likeness (QED) is 0.651. The van der Waals surface area contributed by atoms with E-state index in [1.54, 1.807) is 17.0 Å². The molecule has 0 spiro atoms. The summed E-state index contributed by atoms with van der Waals surface area (Å²) in [7, 11) is 4.15. The predicted octanol–water partition coefficient (Wildman–Crippen LogP) is 2.42. The molecule has 1 amide bonds. The number of nitrogens with one attached hydrogen (secondary N) is 1. The van der Waals surface area contributed by atoms with Gasteiger partial charge in [0, 0.05) is 30.9 Å². The second kappa shape index (κ2) is 8.60. The molecule has 9 nitrogen and oxygen atoms in total. The van der Waals surface area contributed by atoms with Crippen molar-refractivity contribution in [1.82, 2.24) is 29.5 Å². The van der Waals surface area contributed by atoms with Crippen LogP contribution in [0.25, 0.3) is 17.4 Å². The molecule has 31 heavy (non-hydrogen) atoms. The number of likely N-dealkylation sites (tertiary alicyclic amines) is 1. The fourth-order valence-corrected chi connectivity index (χ4v) is 3.93. The molecule has 0 aromatic carbocycles. The molecule has 1 fully saturated rings. The zero-order valence-corrected chi connectivity index (χ0v) is 18.7. The molecule has 1 saturated heterocycles. The van der Waals surface area contributed by atoms with Crippen molar-refractivity contribution in [2.75, 3.05) is 39.0 Å². The van der Waals surface area contributed by atoms with Crippen molar-refractivity contribution in [1.29, 1.82) is 0 Å². The maximum atomic E-state index is 12.8. The fourth-order valence-electron chi connectivity index (χ4n) is 3.93. The number of aryl methyl sites for hydroxylation is 3. The molecule has 0 unspecified atom stereocenters. The van der Waals surface area contributed by atoms with E-state index in [2.05, 4.69) is 44.3 Å². The second-order valence-corrected chi connectivity index (χ2v) is 8.40. The number of nitrogens with zero attached hydrogens (tertiary/aromatic N) is 6. The Morgan fingerprint density at radius 2 is 2.06 bits per heavy atom. The molecule has 9 heteroatoms. The average molecular weight is 424 g/mol. The van der Waals surface area contributed by atoms with Crippen molar-refractivity contribution in [2.24, 2.45) is 0 Å². The summed E-state index contributed by atoms with van der Waals surface area (Å²) in [6.07, 6.45) is 2.68. The minimum absolute atomic E-state index is 0.0976. The molecular formula is C22H29N7O2. The summed E-state index contributed by atoms with van der Waals surface area (Å²) in [4.78, 5) is 26.3. The monoisotopic (exact) mass is 423 g/mol. The Bertz CT molecular complexity index is 1090. The van der Waals surface area contributed by atoms with Gasteiger partial charge in [-0.15, -0.1) is 0 Å². The van der Waals surface area contributed by atoms with Gasteiger partial charge in [0.1, 0.15) is 5.82 Å². The summed E-state index contributed by atoms with van der Waals surface area (Å²) in [5.74, 6) is 1.90. The first-order valence-corrected chi connectivity index (χ1v) is 10.5. The van der Waals surface area contributed by atoms with Gasteiger partial charge >= 0.3 is 0 Å². The SMILES string of the molecule is Cc1cc(C)n(-c2cc(NC(=O)CN3CC[C@H](N(C)C)C3)nc(-c3occc3C)n2)n1. The number of anilines is 1. The first kappa shape index (κ1) is 21.2. The van der Waals surface area contributed by atoms with Crippen LogP contribution in [0, 0.1) is 20.8 Å². The number of furan rings is 1. The summed E-state index contributed by atoms with van der Waals surface area (Å²) in [5.41, 5.74) is 2.76. The highest BCUT2D eigenvalue weighted by Gasteiger charge is 2.25. The molecule has 1 aliphatic rings. The second-order valence-electron chi connectivity index (χ2n) is 8.40. The maximum Gasteiger partial charge on any atom is 0.239 e. The van der Waals surface area contributed by atoms with Crippen LogP contribution in [0.4, 0.5) is 5.82 Å². The summed E-state index contributed by atoms with van der Waals surface area (Å²) >= 11 is 0. The lowest BCUT2D eigenvalue weighted by Crippen LogP contribution is -2.35. The molecule has 0 saturated carbocycles. The lowest BCUT2D eigenvalue weighted by Gasteiger charge is -2.20. The standard InChI is InChI=1S/C22H29N7O2/c1-14-7-9-31-21(14)22-24-18(11-19(25-22)29-16(3)10-15(2)26-29)23-20(30)13-28-8-6-17(12-28)27(4)5/h7,9-11,17H,6,8,12-13H2,1-5H3,(H,23,24,25,30)/t17-/m0/s1. The van der Waals surface area contributed by atoms with Crippen LogP contribution in [0.15, 0.2) is 28.9 Å². The van der Waals surface area contributed by atoms with E-state index in [1.165, 1.54) is 0 Å². The van der Waals surface area contributed by atoms with E-state index >= 15 is 0 Å². The summed E-state index contributed by atoms with van der Waals surface area (Å²) < 4.78 is 7.34. The van der Waals surface area contributed by atoms with Crippen LogP contribution >= 0.6 is 0 Å². The lowest BCUT2D eigenvalue weighted by atomic mass is 10.2. The van der Waals surface area contributed by atoms with Gasteiger partial charge in [-0.2, -0.15) is 5.10 Å². The van der Waals surface area contributed by atoms with E-state index in [0.717, 1.165) is 36.5 Å². The molecule has 0 aliphatic carbocycles. The van der Waals surface area contributed by atoms with Crippen molar-refractivity contribution >= 4 is 11.7 Å².